The normalized spacial score (nSPS) is 16.4. The molecule has 0 spiro atoms. The van der Waals surface area contributed by atoms with Crippen LogP contribution in [0.1, 0.15) is 34.8 Å². The van der Waals surface area contributed by atoms with Crippen LogP contribution in [0.2, 0.25) is 0 Å². The fourth-order valence-corrected chi connectivity index (χ4v) is 4.95. The van der Waals surface area contributed by atoms with Gasteiger partial charge in [0.1, 0.15) is 4.83 Å². The van der Waals surface area contributed by atoms with Gasteiger partial charge >= 0.3 is 0 Å². The first-order chi connectivity index (χ1) is 15.2. The van der Waals surface area contributed by atoms with Gasteiger partial charge in [0.15, 0.2) is 0 Å². The molecule has 1 unspecified atom stereocenters. The van der Waals surface area contributed by atoms with Crippen molar-refractivity contribution in [2.45, 2.75) is 18.8 Å². The maximum Gasteiger partial charge on any atom is 0.255 e. The van der Waals surface area contributed by atoms with Gasteiger partial charge in [0.05, 0.1) is 18.4 Å². The number of nitrogens with zero attached hydrogens (tertiary/aromatic N) is 4. The first kappa shape index (κ1) is 19.6. The molecule has 1 aliphatic heterocycles. The summed E-state index contributed by atoms with van der Waals surface area (Å²) >= 11 is 1.68. The van der Waals surface area contributed by atoms with Crippen molar-refractivity contribution in [2.75, 3.05) is 25.5 Å². The molecule has 4 heterocycles. The minimum atomic E-state index is 0.00381. The van der Waals surface area contributed by atoms with Crippen molar-refractivity contribution in [3.05, 3.63) is 71.5 Å². The molecule has 3 aromatic heterocycles. The van der Waals surface area contributed by atoms with Crippen LogP contribution in [0.3, 0.4) is 0 Å². The van der Waals surface area contributed by atoms with E-state index in [1.54, 1.807) is 36.8 Å². The number of hydrogen-bond donors (Lipinski definition) is 1. The quantitative estimate of drug-likeness (QED) is 0.499. The summed E-state index contributed by atoms with van der Waals surface area (Å²) < 4.78 is 7.19. The number of carbonyl (C=O) groups is 1. The van der Waals surface area contributed by atoms with E-state index in [-0.39, 0.29) is 11.8 Å². The number of pyridine rings is 1. The second-order valence-electron chi connectivity index (χ2n) is 7.57. The van der Waals surface area contributed by atoms with E-state index in [0.717, 1.165) is 41.5 Å². The molecule has 4 aromatic rings. The number of likely N-dealkylation sites (tertiary alicyclic amines) is 1. The molecular formula is C23H23N5O2S. The zero-order valence-corrected chi connectivity index (χ0v) is 18.0. The van der Waals surface area contributed by atoms with Crippen molar-refractivity contribution in [1.82, 2.24) is 19.3 Å². The van der Waals surface area contributed by atoms with Gasteiger partial charge in [-0.15, -0.1) is 11.3 Å². The highest BCUT2D eigenvalue weighted by atomic mass is 32.1. The van der Waals surface area contributed by atoms with E-state index in [2.05, 4.69) is 20.1 Å². The van der Waals surface area contributed by atoms with E-state index in [1.807, 2.05) is 41.4 Å². The largest absolute Gasteiger partial charge is 0.481 e. The van der Waals surface area contributed by atoms with Crippen LogP contribution in [0.5, 0.6) is 5.88 Å². The number of hydrogen-bond acceptors (Lipinski definition) is 6. The van der Waals surface area contributed by atoms with E-state index in [4.69, 9.17) is 9.72 Å². The number of anilines is 2. The SMILES string of the molecule is COc1ccc(C(=O)N2CCCC(c3nc(Nc4ccccc4)n4ccsc34)C2)cn1. The second kappa shape index (κ2) is 8.39. The monoisotopic (exact) mass is 433 g/mol. The van der Waals surface area contributed by atoms with Gasteiger partial charge in [-0.05, 0) is 31.0 Å². The zero-order chi connectivity index (χ0) is 21.2. The number of benzene rings is 1. The highest BCUT2D eigenvalue weighted by Gasteiger charge is 2.29. The molecule has 158 valence electrons. The molecule has 1 atom stereocenters. The highest BCUT2D eigenvalue weighted by molar-refractivity contribution is 7.15. The third kappa shape index (κ3) is 3.86. The second-order valence-corrected chi connectivity index (χ2v) is 8.46. The van der Waals surface area contributed by atoms with Gasteiger partial charge in [0.25, 0.3) is 5.91 Å². The van der Waals surface area contributed by atoms with E-state index in [0.29, 0.717) is 18.0 Å². The maximum atomic E-state index is 13.0. The summed E-state index contributed by atoms with van der Waals surface area (Å²) in [6.45, 7) is 1.40. The molecule has 0 bridgehead atoms. The Hall–Kier alpha value is -3.39. The highest BCUT2D eigenvalue weighted by Crippen LogP contribution is 2.34. The lowest BCUT2D eigenvalue weighted by molar-refractivity contribution is 0.0706. The Kier molecular flexibility index (Phi) is 5.30. The molecule has 7 nitrogen and oxygen atoms in total. The van der Waals surface area contributed by atoms with Crippen LogP contribution < -0.4 is 10.1 Å². The number of imidazole rings is 1. The van der Waals surface area contributed by atoms with Gasteiger partial charge < -0.3 is 15.0 Å². The number of aromatic nitrogens is 3. The van der Waals surface area contributed by atoms with Gasteiger partial charge in [-0.25, -0.2) is 9.97 Å². The molecule has 31 heavy (non-hydrogen) atoms. The van der Waals surface area contributed by atoms with E-state index in [1.165, 1.54) is 0 Å². The molecule has 1 N–H and O–H groups in total. The number of nitrogens with one attached hydrogen (secondary N) is 1. The van der Waals surface area contributed by atoms with Crippen molar-refractivity contribution in [2.24, 2.45) is 0 Å². The van der Waals surface area contributed by atoms with Crippen LogP contribution in [0.25, 0.3) is 4.83 Å². The predicted molar refractivity (Wildman–Crippen MR) is 121 cm³/mol. The topological polar surface area (TPSA) is 71.8 Å². The summed E-state index contributed by atoms with van der Waals surface area (Å²) in [5, 5.41) is 5.50. The summed E-state index contributed by atoms with van der Waals surface area (Å²) in [5.41, 5.74) is 2.64. The van der Waals surface area contributed by atoms with Crippen LogP contribution in [-0.4, -0.2) is 45.4 Å². The lowest BCUT2D eigenvalue weighted by Gasteiger charge is -2.32. The Morgan fingerprint density at radius 2 is 2.10 bits per heavy atom. The van der Waals surface area contributed by atoms with Gasteiger partial charge in [-0.3, -0.25) is 9.20 Å². The molecule has 1 fully saturated rings. The predicted octanol–water partition coefficient (Wildman–Crippen LogP) is 4.56. The zero-order valence-electron chi connectivity index (χ0n) is 17.2. The molecule has 8 heteroatoms. The molecule has 1 aromatic carbocycles. The average molecular weight is 434 g/mol. The van der Waals surface area contributed by atoms with E-state index < -0.39 is 0 Å². The first-order valence-electron chi connectivity index (χ1n) is 10.3. The Balaban J connectivity index is 1.38. The van der Waals surface area contributed by atoms with Crippen molar-refractivity contribution in [1.29, 1.82) is 0 Å². The standard InChI is InChI=1S/C23H23N5O2S/c1-30-19-10-9-16(14-24-19)21(29)27-11-5-6-17(15-27)20-22-28(12-13-31-22)23(26-20)25-18-7-3-2-4-8-18/h2-4,7-10,12-14,17H,5-6,11,15H2,1H3,(H,25,26). The number of amides is 1. The van der Waals surface area contributed by atoms with Gasteiger partial charge in [-0.2, -0.15) is 0 Å². The maximum absolute atomic E-state index is 13.0. The van der Waals surface area contributed by atoms with Gasteiger partial charge in [-0.1, -0.05) is 18.2 Å². The fourth-order valence-electron chi connectivity index (χ4n) is 4.05. The van der Waals surface area contributed by atoms with E-state index in [9.17, 15) is 4.79 Å². The van der Waals surface area contributed by atoms with Crippen LogP contribution in [0.15, 0.2) is 60.2 Å². The smallest absolute Gasteiger partial charge is 0.255 e. The Bertz CT molecular complexity index is 1190. The van der Waals surface area contributed by atoms with Crippen molar-refractivity contribution in [3.63, 3.8) is 0 Å². The minimum Gasteiger partial charge on any atom is -0.481 e. The lowest BCUT2D eigenvalue weighted by Crippen LogP contribution is -2.39. The van der Waals surface area contributed by atoms with Crippen LogP contribution in [0, 0.1) is 0 Å². The summed E-state index contributed by atoms with van der Waals surface area (Å²) in [5.74, 6) is 1.51. The average Bonchev–Trinajstić information content (AvgIpc) is 3.43. The Labute approximate surface area is 184 Å². The number of methoxy groups -OCH3 is 1. The van der Waals surface area contributed by atoms with Gasteiger partial charge in [0.2, 0.25) is 11.8 Å². The molecule has 1 amide bonds. The fraction of sp³-hybridized carbons (Fsp3) is 0.261. The Morgan fingerprint density at radius 3 is 2.87 bits per heavy atom. The summed E-state index contributed by atoms with van der Waals surface area (Å²) in [6, 6.07) is 13.5. The summed E-state index contributed by atoms with van der Waals surface area (Å²) in [7, 11) is 1.57. The number of ether oxygens (including phenoxy) is 1. The van der Waals surface area contributed by atoms with Crippen molar-refractivity contribution < 1.29 is 9.53 Å². The van der Waals surface area contributed by atoms with Crippen LogP contribution >= 0.6 is 11.3 Å². The molecule has 0 aliphatic carbocycles. The number of fused-ring (bicyclic) bond motifs is 1. The molecule has 1 aliphatic rings. The van der Waals surface area contributed by atoms with Crippen molar-refractivity contribution >= 4 is 33.7 Å². The lowest BCUT2D eigenvalue weighted by atomic mass is 9.95. The third-order valence-electron chi connectivity index (χ3n) is 5.60. The first-order valence-corrected chi connectivity index (χ1v) is 11.2. The number of piperidine rings is 1. The van der Waals surface area contributed by atoms with Crippen LogP contribution in [-0.2, 0) is 0 Å². The van der Waals surface area contributed by atoms with Crippen molar-refractivity contribution in [3.8, 4) is 5.88 Å². The Morgan fingerprint density at radius 1 is 1.23 bits per heavy atom. The van der Waals surface area contributed by atoms with Gasteiger partial charge in [0, 0.05) is 48.5 Å². The van der Waals surface area contributed by atoms with E-state index >= 15 is 0 Å². The number of carbonyl (C=O) groups excluding carboxylic acids is 1. The summed E-state index contributed by atoms with van der Waals surface area (Å²) in [4.78, 5) is 25.2. The number of rotatable bonds is 5. The van der Waals surface area contributed by atoms with Crippen LogP contribution in [0.4, 0.5) is 11.6 Å². The minimum absolute atomic E-state index is 0.00381. The molecular weight excluding hydrogens is 410 g/mol. The summed E-state index contributed by atoms with van der Waals surface area (Å²) in [6.07, 6.45) is 5.59. The molecule has 0 radical (unpaired) electrons. The molecule has 5 rings (SSSR count). The number of para-hydroxylation sites is 1. The third-order valence-corrected chi connectivity index (χ3v) is 6.49. The molecule has 1 saturated heterocycles. The molecule has 0 saturated carbocycles. The number of thiazole rings is 1.